The number of fused-ring (bicyclic) bond motifs is 1. The van der Waals surface area contributed by atoms with Crippen LogP contribution in [-0.2, 0) is 4.79 Å². The molecule has 0 fully saturated rings. The third-order valence-electron chi connectivity index (χ3n) is 4.43. The number of furan rings is 1. The molecule has 2 N–H and O–H groups in total. The topological polar surface area (TPSA) is 67.2 Å². The molecule has 0 aliphatic carbocycles. The number of hydrogen-bond donors (Lipinski definition) is 2. The molecule has 0 saturated carbocycles. The van der Waals surface area contributed by atoms with Gasteiger partial charge in [0.1, 0.15) is 11.5 Å². The van der Waals surface area contributed by atoms with Gasteiger partial charge in [0.05, 0.1) is 11.2 Å². The molecule has 30 heavy (non-hydrogen) atoms. The smallest absolute Gasteiger partial charge is 0.250 e. The van der Waals surface area contributed by atoms with Gasteiger partial charge < -0.3 is 9.73 Å². The number of hydrogen-bond acceptors (Lipinski definition) is 4. The molecule has 0 saturated heterocycles. The first-order valence-electron chi connectivity index (χ1n) is 9.40. The maximum absolute atomic E-state index is 12.2. The molecule has 0 spiro atoms. The minimum Gasteiger partial charge on any atom is -0.457 e. The van der Waals surface area contributed by atoms with E-state index in [1.54, 1.807) is 6.08 Å². The summed E-state index contributed by atoms with van der Waals surface area (Å²) in [5.41, 5.74) is 3.42. The van der Waals surface area contributed by atoms with E-state index in [-0.39, 0.29) is 11.0 Å². The Kier molecular flexibility index (Phi) is 5.68. The molecule has 4 aromatic rings. The van der Waals surface area contributed by atoms with E-state index >= 15 is 0 Å². The van der Waals surface area contributed by atoms with Crippen LogP contribution in [0.5, 0.6) is 0 Å². The van der Waals surface area contributed by atoms with Crippen molar-refractivity contribution in [1.82, 2.24) is 10.3 Å². The summed E-state index contributed by atoms with van der Waals surface area (Å²) in [5.74, 6) is 0.970. The van der Waals surface area contributed by atoms with E-state index in [0.29, 0.717) is 5.76 Å². The highest BCUT2D eigenvalue weighted by atomic mass is 32.1. The van der Waals surface area contributed by atoms with Crippen LogP contribution in [0.2, 0.25) is 0 Å². The molecule has 1 amide bonds. The lowest BCUT2D eigenvalue weighted by Gasteiger charge is -2.10. The van der Waals surface area contributed by atoms with Gasteiger partial charge in [0.15, 0.2) is 5.11 Å². The number of para-hydroxylation sites is 1. The Morgan fingerprint density at radius 2 is 1.83 bits per heavy atom. The van der Waals surface area contributed by atoms with Gasteiger partial charge in [-0.05, 0) is 49.5 Å². The van der Waals surface area contributed by atoms with Crippen molar-refractivity contribution < 1.29 is 9.21 Å². The molecular formula is C24H19N3O2S. The Morgan fingerprint density at radius 3 is 2.67 bits per heavy atom. The molecule has 2 aromatic carbocycles. The molecule has 0 bridgehead atoms. The average molecular weight is 414 g/mol. The van der Waals surface area contributed by atoms with Crippen molar-refractivity contribution in [2.75, 3.05) is 5.32 Å². The number of nitrogens with zero attached hydrogens (tertiary/aromatic N) is 1. The van der Waals surface area contributed by atoms with Gasteiger partial charge in [-0.2, -0.15) is 0 Å². The van der Waals surface area contributed by atoms with Crippen molar-refractivity contribution in [2.45, 2.75) is 6.92 Å². The second-order valence-electron chi connectivity index (χ2n) is 6.67. The van der Waals surface area contributed by atoms with Gasteiger partial charge in [-0.3, -0.25) is 15.1 Å². The van der Waals surface area contributed by atoms with Crippen LogP contribution in [-0.4, -0.2) is 16.0 Å². The van der Waals surface area contributed by atoms with Crippen LogP contribution in [0, 0.1) is 6.92 Å². The van der Waals surface area contributed by atoms with Gasteiger partial charge in [0, 0.05) is 22.7 Å². The Bertz CT molecular complexity index is 1250. The number of amides is 1. The number of benzene rings is 2. The number of carbonyl (C=O) groups is 1. The van der Waals surface area contributed by atoms with Crippen LogP contribution in [0.15, 0.2) is 83.3 Å². The van der Waals surface area contributed by atoms with Gasteiger partial charge >= 0.3 is 0 Å². The van der Waals surface area contributed by atoms with Crippen molar-refractivity contribution in [1.29, 1.82) is 0 Å². The Hall–Kier alpha value is -3.77. The second kappa shape index (κ2) is 8.71. The summed E-state index contributed by atoms with van der Waals surface area (Å²) < 4.78 is 5.76. The van der Waals surface area contributed by atoms with Crippen molar-refractivity contribution >= 4 is 45.9 Å². The zero-order valence-electron chi connectivity index (χ0n) is 16.3. The summed E-state index contributed by atoms with van der Waals surface area (Å²) in [4.78, 5) is 16.8. The van der Waals surface area contributed by atoms with Crippen LogP contribution < -0.4 is 10.6 Å². The first kappa shape index (κ1) is 19.5. The lowest BCUT2D eigenvalue weighted by Crippen LogP contribution is -2.32. The van der Waals surface area contributed by atoms with Crippen molar-refractivity contribution in [3.05, 3.63) is 90.3 Å². The lowest BCUT2D eigenvalue weighted by molar-refractivity contribution is -0.115. The highest BCUT2D eigenvalue weighted by Gasteiger charge is 2.07. The zero-order chi connectivity index (χ0) is 20.9. The minimum absolute atomic E-state index is 0.199. The van der Waals surface area contributed by atoms with E-state index in [1.165, 1.54) is 6.08 Å². The summed E-state index contributed by atoms with van der Waals surface area (Å²) in [6.45, 7) is 1.93. The molecule has 0 aliphatic rings. The normalized spacial score (nSPS) is 11.0. The molecule has 0 unspecified atom stereocenters. The molecule has 6 heteroatoms. The fourth-order valence-electron chi connectivity index (χ4n) is 3.01. The van der Waals surface area contributed by atoms with Gasteiger partial charge in [-0.1, -0.05) is 48.5 Å². The van der Waals surface area contributed by atoms with Crippen LogP contribution in [0.1, 0.15) is 11.5 Å². The van der Waals surface area contributed by atoms with E-state index in [2.05, 4.69) is 15.6 Å². The number of aryl methyl sites for hydroxylation is 1. The fourth-order valence-corrected chi connectivity index (χ4v) is 3.22. The largest absolute Gasteiger partial charge is 0.457 e. The monoisotopic (exact) mass is 413 g/mol. The highest BCUT2D eigenvalue weighted by Crippen LogP contribution is 2.23. The number of thiocarbonyl (C=S) groups is 1. The number of pyridine rings is 1. The molecule has 2 heterocycles. The minimum atomic E-state index is -0.352. The zero-order valence-corrected chi connectivity index (χ0v) is 17.1. The summed E-state index contributed by atoms with van der Waals surface area (Å²) in [6.07, 6.45) is 2.99. The first-order valence-corrected chi connectivity index (χ1v) is 9.81. The summed E-state index contributed by atoms with van der Waals surface area (Å²) in [7, 11) is 0. The van der Waals surface area contributed by atoms with Crippen LogP contribution >= 0.6 is 12.2 Å². The molecule has 5 nitrogen and oxygen atoms in total. The molecular weight excluding hydrogens is 394 g/mol. The molecule has 0 radical (unpaired) electrons. The quantitative estimate of drug-likeness (QED) is 0.350. The molecule has 0 atom stereocenters. The SMILES string of the molecule is Cc1ccc2cccc(NC(=S)NC(=O)/C=C/c3ccc(-c4ccccc4)o3)c2n1. The van der Waals surface area contributed by atoms with Gasteiger partial charge in [0.25, 0.3) is 0 Å². The predicted octanol–water partition coefficient (Wildman–Crippen LogP) is 5.33. The number of aromatic nitrogens is 1. The number of nitrogens with one attached hydrogen (secondary N) is 2. The number of rotatable bonds is 4. The average Bonchev–Trinajstić information content (AvgIpc) is 3.22. The van der Waals surface area contributed by atoms with Gasteiger partial charge in [-0.15, -0.1) is 0 Å². The van der Waals surface area contributed by atoms with E-state index < -0.39 is 0 Å². The first-order chi connectivity index (χ1) is 14.6. The van der Waals surface area contributed by atoms with Gasteiger partial charge in [0.2, 0.25) is 5.91 Å². The van der Waals surface area contributed by atoms with Crippen molar-refractivity contribution in [2.24, 2.45) is 0 Å². The Morgan fingerprint density at radius 1 is 1.00 bits per heavy atom. The van der Waals surface area contributed by atoms with Gasteiger partial charge in [-0.25, -0.2) is 0 Å². The highest BCUT2D eigenvalue weighted by molar-refractivity contribution is 7.80. The number of carbonyl (C=O) groups excluding carboxylic acids is 1. The third-order valence-corrected chi connectivity index (χ3v) is 4.63. The van der Waals surface area contributed by atoms with Crippen LogP contribution in [0.4, 0.5) is 5.69 Å². The molecule has 148 valence electrons. The van der Waals surface area contributed by atoms with Crippen LogP contribution in [0.25, 0.3) is 28.3 Å². The lowest BCUT2D eigenvalue weighted by atomic mass is 10.2. The molecule has 4 rings (SSSR count). The summed E-state index contributed by atoms with van der Waals surface area (Å²) in [6, 6.07) is 23.2. The maximum Gasteiger partial charge on any atom is 0.250 e. The predicted molar refractivity (Wildman–Crippen MR) is 124 cm³/mol. The third kappa shape index (κ3) is 4.61. The van der Waals surface area contributed by atoms with E-state index in [1.807, 2.05) is 79.7 Å². The second-order valence-corrected chi connectivity index (χ2v) is 7.08. The summed E-state index contributed by atoms with van der Waals surface area (Å²) >= 11 is 5.28. The molecule has 2 aromatic heterocycles. The van der Waals surface area contributed by atoms with Crippen molar-refractivity contribution in [3.8, 4) is 11.3 Å². The van der Waals surface area contributed by atoms with Crippen LogP contribution in [0.3, 0.4) is 0 Å². The van der Waals surface area contributed by atoms with E-state index in [0.717, 1.165) is 33.6 Å². The maximum atomic E-state index is 12.2. The Balaban J connectivity index is 1.39. The van der Waals surface area contributed by atoms with E-state index in [4.69, 9.17) is 16.6 Å². The summed E-state index contributed by atoms with van der Waals surface area (Å²) in [5, 5.41) is 6.88. The van der Waals surface area contributed by atoms with E-state index in [9.17, 15) is 4.79 Å². The standard InChI is InChI=1S/C24H19N3O2S/c1-16-10-11-18-8-5-9-20(23(18)25-16)26-24(30)27-22(28)15-13-19-12-14-21(29-19)17-6-3-2-4-7-17/h2-15H,1H3,(H2,26,27,28,30)/b15-13+. The fraction of sp³-hybridized carbons (Fsp3) is 0.0417. The molecule has 0 aliphatic heterocycles. The Labute approximate surface area is 179 Å². The van der Waals surface area contributed by atoms with Crippen molar-refractivity contribution in [3.63, 3.8) is 0 Å². The number of anilines is 1.